The summed E-state index contributed by atoms with van der Waals surface area (Å²) >= 11 is 0. The van der Waals surface area contributed by atoms with Gasteiger partial charge in [0.15, 0.2) is 5.78 Å². The fraction of sp³-hybridized carbons (Fsp3) is 0.0625. The standard InChI is InChI=1S/C16H12F2O/c1-11(12-5-3-2-4-6-12)9-16(19)14-10-13(17)7-8-15(14)18/h2-10H,1H3/b11-9+. The van der Waals surface area contributed by atoms with Crippen LogP contribution in [0.1, 0.15) is 22.8 Å². The van der Waals surface area contributed by atoms with Gasteiger partial charge in [0.2, 0.25) is 0 Å². The average molecular weight is 258 g/mol. The van der Waals surface area contributed by atoms with Crippen LogP contribution in [0.4, 0.5) is 8.78 Å². The Kier molecular flexibility index (Phi) is 3.85. The molecule has 0 N–H and O–H groups in total. The number of benzene rings is 2. The minimum absolute atomic E-state index is 0.254. The lowest BCUT2D eigenvalue weighted by Gasteiger charge is -2.02. The van der Waals surface area contributed by atoms with E-state index in [-0.39, 0.29) is 5.56 Å². The third-order valence-electron chi connectivity index (χ3n) is 2.77. The molecule has 0 atom stereocenters. The Morgan fingerprint density at radius 1 is 1.05 bits per heavy atom. The number of carbonyl (C=O) groups is 1. The van der Waals surface area contributed by atoms with E-state index in [4.69, 9.17) is 0 Å². The van der Waals surface area contributed by atoms with Crippen LogP contribution in [-0.2, 0) is 0 Å². The van der Waals surface area contributed by atoms with Crippen molar-refractivity contribution in [1.82, 2.24) is 0 Å². The average Bonchev–Trinajstić information content (AvgIpc) is 2.42. The molecule has 0 spiro atoms. The Hall–Kier alpha value is -2.29. The first-order chi connectivity index (χ1) is 9.08. The van der Waals surface area contributed by atoms with Gasteiger partial charge in [-0.1, -0.05) is 30.3 Å². The van der Waals surface area contributed by atoms with Crippen LogP contribution in [0.25, 0.3) is 5.57 Å². The second-order valence-electron chi connectivity index (χ2n) is 4.18. The first-order valence-corrected chi connectivity index (χ1v) is 5.81. The van der Waals surface area contributed by atoms with Gasteiger partial charge in [0.25, 0.3) is 0 Å². The van der Waals surface area contributed by atoms with E-state index in [1.165, 1.54) is 6.08 Å². The monoisotopic (exact) mass is 258 g/mol. The number of rotatable bonds is 3. The molecule has 0 aliphatic rings. The van der Waals surface area contributed by atoms with E-state index >= 15 is 0 Å². The molecule has 0 unspecified atom stereocenters. The van der Waals surface area contributed by atoms with Gasteiger partial charge < -0.3 is 0 Å². The van der Waals surface area contributed by atoms with Gasteiger partial charge >= 0.3 is 0 Å². The smallest absolute Gasteiger partial charge is 0.189 e. The number of halogens is 2. The van der Waals surface area contributed by atoms with Crippen LogP contribution in [0.15, 0.2) is 54.6 Å². The van der Waals surface area contributed by atoms with Crippen LogP contribution in [-0.4, -0.2) is 5.78 Å². The van der Waals surface area contributed by atoms with Gasteiger partial charge in [-0.2, -0.15) is 0 Å². The summed E-state index contributed by atoms with van der Waals surface area (Å²) in [4.78, 5) is 11.9. The largest absolute Gasteiger partial charge is 0.289 e. The highest BCUT2D eigenvalue weighted by Crippen LogP contribution is 2.16. The molecule has 0 amide bonds. The maximum Gasteiger partial charge on any atom is 0.189 e. The molecule has 0 fully saturated rings. The van der Waals surface area contributed by atoms with Crippen molar-refractivity contribution in [3.8, 4) is 0 Å². The zero-order valence-electron chi connectivity index (χ0n) is 10.4. The van der Waals surface area contributed by atoms with Gasteiger partial charge in [0.1, 0.15) is 11.6 Å². The van der Waals surface area contributed by atoms with E-state index in [0.29, 0.717) is 5.57 Å². The lowest BCUT2D eigenvalue weighted by Crippen LogP contribution is -2.00. The molecule has 0 saturated carbocycles. The Balaban J connectivity index is 2.33. The second-order valence-corrected chi connectivity index (χ2v) is 4.18. The highest BCUT2D eigenvalue weighted by molar-refractivity contribution is 6.08. The van der Waals surface area contributed by atoms with Crippen LogP contribution >= 0.6 is 0 Å². The molecule has 0 aliphatic heterocycles. The van der Waals surface area contributed by atoms with Gasteiger partial charge in [0.05, 0.1) is 5.56 Å². The number of ketones is 1. The molecule has 0 aromatic heterocycles. The van der Waals surface area contributed by atoms with Gasteiger partial charge in [-0.05, 0) is 42.3 Å². The fourth-order valence-electron chi connectivity index (χ4n) is 1.75. The molecule has 0 aliphatic carbocycles. The predicted octanol–water partition coefficient (Wildman–Crippen LogP) is 4.25. The molecule has 0 radical (unpaired) electrons. The summed E-state index contributed by atoms with van der Waals surface area (Å²) in [6.07, 6.45) is 1.31. The second kappa shape index (κ2) is 5.57. The Labute approximate surface area is 110 Å². The van der Waals surface area contributed by atoms with Gasteiger partial charge in [-0.15, -0.1) is 0 Å². The summed E-state index contributed by atoms with van der Waals surface area (Å²) in [5.41, 5.74) is 1.32. The van der Waals surface area contributed by atoms with Gasteiger partial charge in [0, 0.05) is 0 Å². The highest BCUT2D eigenvalue weighted by atomic mass is 19.1. The minimum atomic E-state index is -0.719. The SMILES string of the molecule is C/C(=C\C(=O)c1cc(F)ccc1F)c1ccccc1. The molecule has 0 heterocycles. The summed E-state index contributed by atoms with van der Waals surface area (Å²) in [5, 5.41) is 0. The summed E-state index contributed by atoms with van der Waals surface area (Å²) in [6.45, 7) is 1.75. The van der Waals surface area contributed by atoms with E-state index in [1.807, 2.05) is 30.3 Å². The highest BCUT2D eigenvalue weighted by Gasteiger charge is 2.11. The molecule has 0 saturated heterocycles. The normalized spacial score (nSPS) is 11.4. The van der Waals surface area contributed by atoms with Crippen molar-refractivity contribution in [3.63, 3.8) is 0 Å². The zero-order valence-corrected chi connectivity index (χ0v) is 10.4. The third kappa shape index (κ3) is 3.13. The number of carbonyl (C=O) groups excluding carboxylic acids is 1. The predicted molar refractivity (Wildman–Crippen MR) is 70.8 cm³/mol. The molecule has 96 valence electrons. The molecule has 2 aromatic carbocycles. The van der Waals surface area contributed by atoms with Crippen molar-refractivity contribution in [1.29, 1.82) is 0 Å². The first-order valence-electron chi connectivity index (χ1n) is 5.81. The van der Waals surface area contributed by atoms with E-state index < -0.39 is 17.4 Å². The number of allylic oxidation sites excluding steroid dienone is 2. The third-order valence-corrected chi connectivity index (χ3v) is 2.77. The summed E-state index contributed by atoms with van der Waals surface area (Å²) in [7, 11) is 0. The maximum atomic E-state index is 13.5. The molecule has 3 heteroatoms. The summed E-state index contributed by atoms with van der Waals surface area (Å²) in [5.74, 6) is -1.89. The summed E-state index contributed by atoms with van der Waals surface area (Å²) < 4.78 is 26.5. The lowest BCUT2D eigenvalue weighted by atomic mass is 10.0. The van der Waals surface area contributed by atoms with Crippen LogP contribution < -0.4 is 0 Å². The van der Waals surface area contributed by atoms with Gasteiger partial charge in [-0.25, -0.2) is 8.78 Å². The van der Waals surface area contributed by atoms with Crippen molar-refractivity contribution < 1.29 is 13.6 Å². The Morgan fingerprint density at radius 3 is 2.42 bits per heavy atom. The van der Waals surface area contributed by atoms with Crippen molar-refractivity contribution in [2.24, 2.45) is 0 Å². The maximum absolute atomic E-state index is 13.5. The molecule has 19 heavy (non-hydrogen) atoms. The van der Waals surface area contributed by atoms with Crippen molar-refractivity contribution in [3.05, 3.63) is 77.4 Å². The van der Waals surface area contributed by atoms with E-state index in [0.717, 1.165) is 23.8 Å². The van der Waals surface area contributed by atoms with E-state index in [9.17, 15) is 13.6 Å². The lowest BCUT2D eigenvalue weighted by molar-refractivity contribution is 0.104. The van der Waals surface area contributed by atoms with Crippen molar-refractivity contribution in [2.75, 3.05) is 0 Å². The van der Waals surface area contributed by atoms with Gasteiger partial charge in [-0.3, -0.25) is 4.79 Å². The minimum Gasteiger partial charge on any atom is -0.289 e. The topological polar surface area (TPSA) is 17.1 Å². The molecular formula is C16H12F2O. The van der Waals surface area contributed by atoms with Crippen LogP contribution in [0.5, 0.6) is 0 Å². The Morgan fingerprint density at radius 2 is 1.74 bits per heavy atom. The molecule has 2 rings (SSSR count). The number of hydrogen-bond acceptors (Lipinski definition) is 1. The molecular weight excluding hydrogens is 246 g/mol. The Bertz CT molecular complexity index is 630. The molecule has 1 nitrogen and oxygen atoms in total. The van der Waals surface area contributed by atoms with Crippen LogP contribution in [0, 0.1) is 11.6 Å². The molecule has 2 aromatic rings. The van der Waals surface area contributed by atoms with Crippen LogP contribution in [0.2, 0.25) is 0 Å². The fourth-order valence-corrected chi connectivity index (χ4v) is 1.75. The van der Waals surface area contributed by atoms with Crippen LogP contribution in [0.3, 0.4) is 0 Å². The van der Waals surface area contributed by atoms with Crippen molar-refractivity contribution >= 4 is 11.4 Å². The first kappa shape index (κ1) is 13.1. The van der Waals surface area contributed by atoms with Crippen molar-refractivity contribution in [2.45, 2.75) is 6.92 Å². The van der Waals surface area contributed by atoms with E-state index in [2.05, 4.69) is 0 Å². The molecule has 0 bridgehead atoms. The number of hydrogen-bond donors (Lipinski definition) is 0. The van der Waals surface area contributed by atoms with E-state index in [1.54, 1.807) is 6.92 Å². The summed E-state index contributed by atoms with van der Waals surface area (Å²) in [6, 6.07) is 12.1. The quantitative estimate of drug-likeness (QED) is 0.594. The zero-order chi connectivity index (χ0) is 13.8.